The van der Waals surface area contributed by atoms with Crippen LogP contribution in [-0.2, 0) is 11.3 Å². The molecule has 0 aromatic heterocycles. The van der Waals surface area contributed by atoms with Crippen molar-refractivity contribution in [1.29, 1.82) is 0 Å². The summed E-state index contributed by atoms with van der Waals surface area (Å²) >= 11 is 0. The topological polar surface area (TPSA) is 70.6 Å². The Morgan fingerprint density at radius 2 is 2.10 bits per heavy atom. The molecule has 0 aliphatic heterocycles. The van der Waals surface area contributed by atoms with Crippen LogP contribution in [0.15, 0.2) is 18.2 Å². The van der Waals surface area contributed by atoms with Crippen LogP contribution < -0.4 is 10.6 Å². The molecule has 2 unspecified atom stereocenters. The second-order valence-corrected chi connectivity index (χ2v) is 6.61. The van der Waals surface area contributed by atoms with E-state index in [-0.39, 0.29) is 18.2 Å². The maximum absolute atomic E-state index is 11.6. The number of phenols is 1. The Bertz CT molecular complexity index is 523. The van der Waals surface area contributed by atoms with Gasteiger partial charge in [0.1, 0.15) is 11.4 Å². The summed E-state index contributed by atoms with van der Waals surface area (Å²) in [6, 6.07) is 5.88. The molecule has 1 amide bonds. The van der Waals surface area contributed by atoms with Crippen molar-refractivity contribution in [2.45, 2.75) is 58.3 Å². The van der Waals surface area contributed by atoms with Gasteiger partial charge in [0.2, 0.25) is 0 Å². The molecular weight excluding hydrogens is 268 g/mol. The Balaban J connectivity index is 1.75. The van der Waals surface area contributed by atoms with Crippen LogP contribution in [0.2, 0.25) is 0 Å². The lowest BCUT2D eigenvalue weighted by atomic mass is 10.1. The van der Waals surface area contributed by atoms with Crippen LogP contribution in [-0.4, -0.2) is 28.9 Å². The summed E-state index contributed by atoms with van der Waals surface area (Å²) in [6.45, 7) is 8.11. The van der Waals surface area contributed by atoms with Crippen molar-refractivity contribution in [2.24, 2.45) is 0 Å². The number of hydrogen-bond acceptors (Lipinski definition) is 4. The molecule has 116 valence electrons. The van der Waals surface area contributed by atoms with E-state index in [1.807, 2.05) is 39.8 Å². The number of ether oxygens (including phenoxy) is 1. The molecule has 1 fully saturated rings. The number of rotatable bonds is 4. The zero-order valence-electron chi connectivity index (χ0n) is 13.1. The van der Waals surface area contributed by atoms with Crippen molar-refractivity contribution < 1.29 is 14.6 Å². The van der Waals surface area contributed by atoms with E-state index in [0.717, 1.165) is 17.5 Å². The molecule has 1 aliphatic carbocycles. The molecule has 0 radical (unpaired) electrons. The molecule has 5 heteroatoms. The molecule has 3 N–H and O–H groups in total. The zero-order chi connectivity index (χ0) is 15.6. The average molecular weight is 292 g/mol. The summed E-state index contributed by atoms with van der Waals surface area (Å²) in [5, 5.41) is 15.9. The molecule has 0 bridgehead atoms. The monoisotopic (exact) mass is 292 g/mol. The summed E-state index contributed by atoms with van der Waals surface area (Å²) < 4.78 is 5.22. The first-order chi connectivity index (χ1) is 9.74. The maximum Gasteiger partial charge on any atom is 0.407 e. The number of alkyl carbamates (subject to hydrolysis) is 1. The SMILES string of the molecule is Cc1ccc(O)c(CNC2CC2NC(=O)OC(C)(C)C)c1. The number of aromatic hydroxyl groups is 1. The highest BCUT2D eigenvalue weighted by Crippen LogP contribution is 2.24. The first kappa shape index (κ1) is 15.6. The second kappa shape index (κ2) is 5.93. The first-order valence-corrected chi connectivity index (χ1v) is 7.26. The van der Waals surface area contributed by atoms with E-state index >= 15 is 0 Å². The normalized spacial score (nSPS) is 21.0. The number of benzene rings is 1. The number of carbonyl (C=O) groups is 1. The van der Waals surface area contributed by atoms with E-state index in [1.165, 1.54) is 0 Å². The van der Waals surface area contributed by atoms with Gasteiger partial charge in [-0.1, -0.05) is 17.7 Å². The van der Waals surface area contributed by atoms with Crippen molar-refractivity contribution in [3.8, 4) is 5.75 Å². The molecule has 1 aliphatic rings. The van der Waals surface area contributed by atoms with Gasteiger partial charge in [-0.05, 0) is 40.2 Å². The van der Waals surface area contributed by atoms with Crippen molar-refractivity contribution >= 4 is 6.09 Å². The van der Waals surface area contributed by atoms with Crippen LogP contribution in [0.4, 0.5) is 4.79 Å². The highest BCUT2D eigenvalue weighted by Gasteiger charge is 2.38. The van der Waals surface area contributed by atoms with E-state index < -0.39 is 5.60 Å². The Morgan fingerprint density at radius 1 is 1.38 bits per heavy atom. The summed E-state index contributed by atoms with van der Waals surface area (Å²) in [7, 11) is 0. The van der Waals surface area contributed by atoms with E-state index in [2.05, 4.69) is 10.6 Å². The summed E-state index contributed by atoms with van der Waals surface area (Å²) in [5.41, 5.74) is 1.51. The standard InChI is InChI=1S/C16H24N2O3/c1-10-5-6-14(19)11(7-10)9-17-12-8-13(12)18-15(20)21-16(2,3)4/h5-7,12-13,17,19H,8-9H2,1-4H3,(H,18,20). The van der Waals surface area contributed by atoms with E-state index in [4.69, 9.17) is 4.74 Å². The molecule has 5 nitrogen and oxygen atoms in total. The van der Waals surface area contributed by atoms with Gasteiger partial charge in [-0.2, -0.15) is 0 Å². The molecular formula is C16H24N2O3. The average Bonchev–Trinajstić information content (AvgIpc) is 3.06. The van der Waals surface area contributed by atoms with E-state index in [1.54, 1.807) is 6.07 Å². The first-order valence-electron chi connectivity index (χ1n) is 7.26. The minimum Gasteiger partial charge on any atom is -0.508 e. The Hall–Kier alpha value is -1.75. The van der Waals surface area contributed by atoms with Crippen molar-refractivity contribution in [1.82, 2.24) is 10.6 Å². The number of nitrogens with one attached hydrogen (secondary N) is 2. The number of phenolic OH excluding ortho intramolecular Hbond substituents is 1. The molecule has 1 aromatic rings. The summed E-state index contributed by atoms with van der Waals surface area (Å²) in [5.74, 6) is 0.297. The fourth-order valence-electron chi connectivity index (χ4n) is 2.14. The van der Waals surface area contributed by atoms with Gasteiger partial charge in [0.15, 0.2) is 0 Å². The minimum absolute atomic E-state index is 0.104. The minimum atomic E-state index is -0.477. The van der Waals surface area contributed by atoms with Crippen LogP contribution >= 0.6 is 0 Å². The van der Waals surface area contributed by atoms with Crippen molar-refractivity contribution in [3.63, 3.8) is 0 Å². The molecule has 0 heterocycles. The van der Waals surface area contributed by atoms with Crippen LogP contribution in [0.5, 0.6) is 5.75 Å². The highest BCUT2D eigenvalue weighted by molar-refractivity contribution is 5.68. The van der Waals surface area contributed by atoms with Gasteiger partial charge >= 0.3 is 6.09 Å². The third kappa shape index (κ3) is 4.93. The van der Waals surface area contributed by atoms with Gasteiger partial charge in [0, 0.05) is 24.2 Å². The van der Waals surface area contributed by atoms with Crippen LogP contribution in [0.3, 0.4) is 0 Å². The molecule has 1 saturated carbocycles. The lowest BCUT2D eigenvalue weighted by molar-refractivity contribution is 0.0522. The molecule has 0 spiro atoms. The van der Waals surface area contributed by atoms with Gasteiger partial charge < -0.3 is 20.5 Å². The lowest BCUT2D eigenvalue weighted by Crippen LogP contribution is -2.36. The Kier molecular flexibility index (Phi) is 4.42. The summed E-state index contributed by atoms with van der Waals surface area (Å²) in [4.78, 5) is 11.6. The fraction of sp³-hybridized carbons (Fsp3) is 0.562. The zero-order valence-corrected chi connectivity index (χ0v) is 13.1. The lowest BCUT2D eigenvalue weighted by Gasteiger charge is -2.19. The number of aryl methyl sites for hydroxylation is 1. The molecule has 2 rings (SSSR count). The summed E-state index contributed by atoms with van der Waals surface area (Å²) in [6.07, 6.45) is 0.501. The highest BCUT2D eigenvalue weighted by atomic mass is 16.6. The van der Waals surface area contributed by atoms with E-state index in [0.29, 0.717) is 12.3 Å². The van der Waals surface area contributed by atoms with Gasteiger partial charge in [0.05, 0.1) is 0 Å². The Labute approximate surface area is 125 Å². The predicted octanol–water partition coefficient (Wildman–Crippen LogP) is 2.46. The van der Waals surface area contributed by atoms with Crippen LogP contribution in [0.25, 0.3) is 0 Å². The molecule has 1 aromatic carbocycles. The van der Waals surface area contributed by atoms with Gasteiger partial charge in [-0.3, -0.25) is 0 Å². The quantitative estimate of drug-likeness (QED) is 0.797. The number of amides is 1. The number of hydrogen-bond donors (Lipinski definition) is 3. The van der Waals surface area contributed by atoms with Crippen LogP contribution in [0, 0.1) is 6.92 Å². The molecule has 2 atom stereocenters. The molecule has 21 heavy (non-hydrogen) atoms. The Morgan fingerprint density at radius 3 is 2.76 bits per heavy atom. The smallest absolute Gasteiger partial charge is 0.407 e. The molecule has 0 saturated heterocycles. The van der Waals surface area contributed by atoms with Gasteiger partial charge in [-0.15, -0.1) is 0 Å². The van der Waals surface area contributed by atoms with Crippen molar-refractivity contribution in [3.05, 3.63) is 29.3 Å². The maximum atomic E-state index is 11.6. The van der Waals surface area contributed by atoms with Crippen molar-refractivity contribution in [2.75, 3.05) is 0 Å². The van der Waals surface area contributed by atoms with Gasteiger partial charge in [0.25, 0.3) is 0 Å². The third-order valence-electron chi connectivity index (χ3n) is 3.28. The van der Waals surface area contributed by atoms with Crippen LogP contribution in [0.1, 0.15) is 38.3 Å². The van der Waals surface area contributed by atoms with E-state index in [9.17, 15) is 9.90 Å². The fourth-order valence-corrected chi connectivity index (χ4v) is 2.14. The largest absolute Gasteiger partial charge is 0.508 e. The number of carbonyl (C=O) groups excluding carboxylic acids is 1. The van der Waals surface area contributed by atoms with Gasteiger partial charge in [-0.25, -0.2) is 4.79 Å². The predicted molar refractivity (Wildman–Crippen MR) is 81.2 cm³/mol. The third-order valence-corrected chi connectivity index (χ3v) is 3.28. The second-order valence-electron chi connectivity index (χ2n) is 6.61.